The number of rotatable bonds is 4. The number of Topliss-reactive ketones (excluding diaryl/α,β-unsaturated/α-hetero) is 1. The van der Waals surface area contributed by atoms with E-state index in [1.54, 1.807) is 13.0 Å². The smallest absolute Gasteiger partial charge is 0.343 e. The van der Waals surface area contributed by atoms with E-state index in [4.69, 9.17) is 4.74 Å². The van der Waals surface area contributed by atoms with Crippen LogP contribution in [0.5, 0.6) is 0 Å². The molecule has 4 heteroatoms. The number of carbonyl (C=O) groups is 2. The maximum absolute atomic E-state index is 13.0. The minimum atomic E-state index is -0.485. The zero-order valence-corrected chi connectivity index (χ0v) is 13.8. The maximum Gasteiger partial charge on any atom is 0.343 e. The van der Waals surface area contributed by atoms with Crippen LogP contribution in [0.4, 0.5) is 0 Å². The van der Waals surface area contributed by atoms with Gasteiger partial charge in [0.05, 0.1) is 6.61 Å². The number of ketones is 1. The number of allylic oxidation sites excluding steroid dienone is 1. The summed E-state index contributed by atoms with van der Waals surface area (Å²) in [5.74, 6) is -0.698. The molecule has 2 aliphatic rings. The van der Waals surface area contributed by atoms with Gasteiger partial charge in [0.15, 0.2) is 0 Å². The highest BCUT2D eigenvalue weighted by atomic mass is 16.5. The molecule has 0 amide bonds. The van der Waals surface area contributed by atoms with Crippen LogP contribution >= 0.6 is 0 Å². The van der Waals surface area contributed by atoms with E-state index >= 15 is 0 Å². The number of nitrogens with zero attached hydrogens (tertiary/aromatic N) is 1. The Balaban J connectivity index is 2.02. The molecule has 0 aromatic heterocycles. The molecule has 0 spiro atoms. The van der Waals surface area contributed by atoms with Gasteiger partial charge in [0.2, 0.25) is 5.78 Å². The van der Waals surface area contributed by atoms with Crippen molar-refractivity contribution in [2.75, 3.05) is 13.2 Å². The van der Waals surface area contributed by atoms with Gasteiger partial charge in [-0.05, 0) is 45.6 Å². The van der Waals surface area contributed by atoms with E-state index in [1.165, 1.54) is 0 Å². The SMILES string of the molecule is CCOC(=O)/C(C(=O)c1cccc(C)c1)=C1\CC[C@@H]2CCCN12. The fraction of sp³-hybridized carbons (Fsp3) is 0.474. The lowest BCUT2D eigenvalue weighted by Crippen LogP contribution is -2.27. The Morgan fingerprint density at radius 3 is 2.87 bits per heavy atom. The first-order chi connectivity index (χ1) is 11.1. The molecule has 0 unspecified atom stereocenters. The topological polar surface area (TPSA) is 46.6 Å². The van der Waals surface area contributed by atoms with Crippen LogP contribution in [0.1, 0.15) is 48.5 Å². The first-order valence-corrected chi connectivity index (χ1v) is 8.40. The third-order valence-electron chi connectivity index (χ3n) is 4.71. The predicted octanol–water partition coefficient (Wildman–Crippen LogP) is 3.25. The number of hydrogen-bond donors (Lipinski definition) is 0. The highest BCUT2D eigenvalue weighted by Crippen LogP contribution is 2.37. The predicted molar refractivity (Wildman–Crippen MR) is 88.1 cm³/mol. The van der Waals surface area contributed by atoms with Gasteiger partial charge in [-0.1, -0.05) is 23.8 Å². The van der Waals surface area contributed by atoms with E-state index in [0.717, 1.165) is 43.5 Å². The van der Waals surface area contributed by atoms with Crippen LogP contribution in [-0.4, -0.2) is 35.8 Å². The zero-order chi connectivity index (χ0) is 16.4. The quantitative estimate of drug-likeness (QED) is 0.281. The summed E-state index contributed by atoms with van der Waals surface area (Å²) in [6.45, 7) is 4.93. The maximum atomic E-state index is 13.0. The fourth-order valence-electron chi connectivity index (χ4n) is 3.68. The van der Waals surface area contributed by atoms with Crippen molar-refractivity contribution in [2.45, 2.75) is 45.6 Å². The minimum absolute atomic E-state index is 0.213. The number of carbonyl (C=O) groups excluding carboxylic acids is 2. The second-order valence-corrected chi connectivity index (χ2v) is 6.27. The molecule has 2 saturated heterocycles. The number of benzene rings is 1. The molecule has 3 rings (SSSR count). The van der Waals surface area contributed by atoms with Crippen LogP contribution in [0, 0.1) is 6.92 Å². The van der Waals surface area contributed by atoms with E-state index in [0.29, 0.717) is 11.6 Å². The largest absolute Gasteiger partial charge is 0.462 e. The van der Waals surface area contributed by atoms with E-state index < -0.39 is 5.97 Å². The van der Waals surface area contributed by atoms with Gasteiger partial charge < -0.3 is 9.64 Å². The van der Waals surface area contributed by atoms with Crippen molar-refractivity contribution in [1.82, 2.24) is 4.90 Å². The molecule has 2 fully saturated rings. The average Bonchev–Trinajstić information content (AvgIpc) is 3.12. The molecule has 0 aliphatic carbocycles. The Bertz CT molecular complexity index is 662. The van der Waals surface area contributed by atoms with Gasteiger partial charge in [0.1, 0.15) is 5.57 Å². The highest BCUT2D eigenvalue weighted by Gasteiger charge is 2.37. The summed E-state index contributed by atoms with van der Waals surface area (Å²) in [6, 6.07) is 7.88. The van der Waals surface area contributed by atoms with Crippen LogP contribution in [-0.2, 0) is 9.53 Å². The molecule has 0 radical (unpaired) electrons. The molecule has 2 heterocycles. The summed E-state index contributed by atoms with van der Waals surface area (Å²) >= 11 is 0. The molecule has 0 N–H and O–H groups in total. The summed E-state index contributed by atoms with van der Waals surface area (Å²) in [6.07, 6.45) is 4.09. The number of aryl methyl sites for hydroxylation is 1. The molecule has 2 aliphatic heterocycles. The third-order valence-corrected chi connectivity index (χ3v) is 4.71. The second-order valence-electron chi connectivity index (χ2n) is 6.27. The Hall–Kier alpha value is -2.10. The number of esters is 1. The van der Waals surface area contributed by atoms with Crippen LogP contribution in [0.3, 0.4) is 0 Å². The molecule has 4 nitrogen and oxygen atoms in total. The molecule has 23 heavy (non-hydrogen) atoms. The zero-order valence-electron chi connectivity index (χ0n) is 13.8. The average molecular weight is 313 g/mol. The molecular weight excluding hydrogens is 290 g/mol. The lowest BCUT2D eigenvalue weighted by Gasteiger charge is -2.21. The second kappa shape index (κ2) is 6.57. The standard InChI is InChI=1S/C19H23NO3/c1-3-23-19(22)17(16-10-9-15-8-5-11-20(15)16)18(21)14-7-4-6-13(2)12-14/h4,6-7,12,15H,3,5,8-11H2,1-2H3/b17-16+/t15-/m0/s1. The number of hydrogen-bond acceptors (Lipinski definition) is 4. The van der Waals surface area contributed by atoms with Gasteiger partial charge in [0.25, 0.3) is 0 Å². The summed E-state index contributed by atoms with van der Waals surface area (Å²) in [7, 11) is 0. The molecule has 1 aromatic carbocycles. The molecule has 1 aromatic rings. The number of ether oxygens (including phenoxy) is 1. The van der Waals surface area contributed by atoms with Crippen LogP contribution in [0.2, 0.25) is 0 Å². The van der Waals surface area contributed by atoms with E-state index in [-0.39, 0.29) is 18.0 Å². The molecule has 1 atom stereocenters. The fourth-order valence-corrected chi connectivity index (χ4v) is 3.68. The van der Waals surface area contributed by atoms with Crippen molar-refractivity contribution >= 4 is 11.8 Å². The monoisotopic (exact) mass is 313 g/mol. The van der Waals surface area contributed by atoms with Gasteiger partial charge >= 0.3 is 5.97 Å². The van der Waals surface area contributed by atoms with Gasteiger partial charge in [0, 0.05) is 23.8 Å². The van der Waals surface area contributed by atoms with Gasteiger partial charge in [-0.25, -0.2) is 4.79 Å². The van der Waals surface area contributed by atoms with Crippen molar-refractivity contribution in [3.05, 3.63) is 46.7 Å². The van der Waals surface area contributed by atoms with Gasteiger partial charge in [-0.2, -0.15) is 0 Å². The highest BCUT2D eigenvalue weighted by molar-refractivity contribution is 6.24. The summed E-state index contributed by atoms with van der Waals surface area (Å²) in [5, 5.41) is 0. The molecular formula is C19H23NO3. The van der Waals surface area contributed by atoms with Crippen LogP contribution < -0.4 is 0 Å². The van der Waals surface area contributed by atoms with E-state index in [9.17, 15) is 9.59 Å². The minimum Gasteiger partial charge on any atom is -0.462 e. The number of fused-ring (bicyclic) bond motifs is 1. The van der Waals surface area contributed by atoms with Crippen molar-refractivity contribution in [3.63, 3.8) is 0 Å². The van der Waals surface area contributed by atoms with Crippen LogP contribution in [0.15, 0.2) is 35.5 Å². The van der Waals surface area contributed by atoms with Crippen molar-refractivity contribution < 1.29 is 14.3 Å². The van der Waals surface area contributed by atoms with E-state index in [2.05, 4.69) is 4.90 Å². The summed E-state index contributed by atoms with van der Waals surface area (Å²) in [5.41, 5.74) is 2.69. The lowest BCUT2D eigenvalue weighted by atomic mass is 9.99. The van der Waals surface area contributed by atoms with E-state index in [1.807, 2.05) is 25.1 Å². The Labute approximate surface area is 137 Å². The Kier molecular flexibility index (Phi) is 4.51. The lowest BCUT2D eigenvalue weighted by molar-refractivity contribution is -0.138. The molecule has 0 saturated carbocycles. The first kappa shape index (κ1) is 15.8. The van der Waals surface area contributed by atoms with Crippen LogP contribution in [0.25, 0.3) is 0 Å². The van der Waals surface area contributed by atoms with Gasteiger partial charge in [-0.15, -0.1) is 0 Å². The first-order valence-electron chi connectivity index (χ1n) is 8.40. The van der Waals surface area contributed by atoms with Crippen molar-refractivity contribution in [2.24, 2.45) is 0 Å². The Morgan fingerprint density at radius 1 is 1.30 bits per heavy atom. The third kappa shape index (κ3) is 3.03. The summed E-state index contributed by atoms with van der Waals surface area (Å²) in [4.78, 5) is 27.7. The van der Waals surface area contributed by atoms with Crippen molar-refractivity contribution in [3.8, 4) is 0 Å². The van der Waals surface area contributed by atoms with Crippen molar-refractivity contribution in [1.29, 1.82) is 0 Å². The molecule has 0 bridgehead atoms. The normalized spacial score (nSPS) is 22.0. The summed E-state index contributed by atoms with van der Waals surface area (Å²) < 4.78 is 5.19. The molecule has 122 valence electrons. The van der Waals surface area contributed by atoms with Gasteiger partial charge in [-0.3, -0.25) is 4.79 Å². The Morgan fingerprint density at radius 2 is 2.13 bits per heavy atom.